The molecule has 2 heteroatoms. The zero-order valence-corrected chi connectivity index (χ0v) is 40.5. The fourth-order valence-corrected chi connectivity index (χ4v) is 12.2. The Kier molecular flexibility index (Phi) is 9.55. The Hall–Kier alpha value is -8.20. The van der Waals surface area contributed by atoms with E-state index in [4.69, 9.17) is 0 Å². The second-order valence-corrected chi connectivity index (χ2v) is 20.6. The largest absolute Gasteiger partial charge is 0.310 e. The van der Waals surface area contributed by atoms with E-state index in [0.717, 1.165) is 34.9 Å². The summed E-state index contributed by atoms with van der Waals surface area (Å²) in [6.07, 6.45) is 0.841. The van der Waals surface area contributed by atoms with Crippen LogP contribution in [0.2, 0.25) is 0 Å². The molecular weight excluding hydrogens is 845 g/mol. The molecule has 0 spiro atoms. The topological polar surface area (TPSA) is 6.48 Å². The van der Waals surface area contributed by atoms with Gasteiger partial charge in [0.05, 0.1) is 5.69 Å². The SMILES string of the molecule is Cc1ccc(N(c2ccc3c(c2)C(C)(C)c2c(Cc4ccc(N(c5ccc6c(c5)C(C)(C)c5ccccc5-6)c5ccc6ccccc6c5)cc4)cccc2-3)c2cc3ccccc3c3ccccc23)cc1. The Bertz CT molecular complexity index is 3870. The van der Waals surface area contributed by atoms with Crippen LogP contribution in [-0.4, -0.2) is 0 Å². The molecule has 0 aromatic heterocycles. The summed E-state index contributed by atoms with van der Waals surface area (Å²) in [4.78, 5) is 4.91. The molecule has 2 nitrogen and oxygen atoms in total. The van der Waals surface area contributed by atoms with Crippen LogP contribution >= 0.6 is 0 Å². The van der Waals surface area contributed by atoms with E-state index in [2.05, 4.69) is 269 Å². The van der Waals surface area contributed by atoms with Crippen molar-refractivity contribution < 1.29 is 0 Å². The average molecular weight is 899 g/mol. The summed E-state index contributed by atoms with van der Waals surface area (Å²) < 4.78 is 0. The molecule has 2 aliphatic rings. The molecule has 11 aromatic carbocycles. The first kappa shape index (κ1) is 41.9. The first-order chi connectivity index (χ1) is 34.1. The minimum absolute atomic E-state index is 0.0988. The van der Waals surface area contributed by atoms with Gasteiger partial charge in [0.1, 0.15) is 0 Å². The molecule has 336 valence electrons. The van der Waals surface area contributed by atoms with Crippen molar-refractivity contribution in [2.45, 2.75) is 51.9 Å². The first-order valence-corrected chi connectivity index (χ1v) is 24.8. The van der Waals surface area contributed by atoms with E-state index in [9.17, 15) is 0 Å². The molecule has 0 aliphatic heterocycles. The summed E-state index contributed by atoms with van der Waals surface area (Å²) in [5.41, 5.74) is 21.4. The molecule has 0 fully saturated rings. The fraction of sp³-hybridized carbons (Fsp3) is 0.118. The predicted octanol–water partition coefficient (Wildman–Crippen LogP) is 18.6. The highest BCUT2D eigenvalue weighted by molar-refractivity contribution is 6.14. The van der Waals surface area contributed by atoms with Gasteiger partial charge in [0, 0.05) is 44.7 Å². The molecular formula is C68H54N2. The first-order valence-electron chi connectivity index (χ1n) is 24.8. The number of hydrogen-bond donors (Lipinski definition) is 0. The van der Waals surface area contributed by atoms with Crippen LogP contribution in [0.5, 0.6) is 0 Å². The van der Waals surface area contributed by atoms with E-state index in [1.54, 1.807) is 0 Å². The molecule has 0 N–H and O–H groups in total. The molecule has 70 heavy (non-hydrogen) atoms. The van der Waals surface area contributed by atoms with Crippen LogP contribution in [0.1, 0.15) is 66.6 Å². The summed E-state index contributed by atoms with van der Waals surface area (Å²) in [6, 6.07) is 84.0. The number of hydrogen-bond acceptors (Lipinski definition) is 2. The summed E-state index contributed by atoms with van der Waals surface area (Å²) in [7, 11) is 0. The highest BCUT2D eigenvalue weighted by atomic mass is 15.1. The Morgan fingerprint density at radius 3 is 1.64 bits per heavy atom. The fourth-order valence-electron chi connectivity index (χ4n) is 12.2. The second-order valence-electron chi connectivity index (χ2n) is 20.6. The van der Waals surface area contributed by atoms with Crippen molar-refractivity contribution >= 4 is 66.4 Å². The highest BCUT2D eigenvalue weighted by Crippen LogP contribution is 2.54. The molecule has 0 bridgehead atoms. The van der Waals surface area contributed by atoms with Crippen molar-refractivity contribution in [1.29, 1.82) is 0 Å². The summed E-state index contributed by atoms with van der Waals surface area (Å²) in [5.74, 6) is 0. The van der Waals surface area contributed by atoms with Crippen LogP contribution in [-0.2, 0) is 17.3 Å². The standard InChI is InChI=1S/C68H54N2/c1-44-25-30-51(31-26-44)70(65-41-48-17-8-9-19-55(48)56-20-10-11-22-60(56)65)54-36-38-59-61-23-14-18-49(66(61)68(4,5)64(59)43-54)39-45-27-32-50(33-28-45)69(52-34-29-46-15-6-7-16-47(46)40-52)53-35-37-58-57-21-12-13-24-62(57)67(2,3)63(58)42-53/h6-38,40-43H,39H2,1-5H3. The van der Waals surface area contributed by atoms with Crippen LogP contribution in [0.25, 0.3) is 54.6 Å². The predicted molar refractivity (Wildman–Crippen MR) is 297 cm³/mol. The van der Waals surface area contributed by atoms with Gasteiger partial charge >= 0.3 is 0 Å². The summed E-state index contributed by atoms with van der Waals surface area (Å²) in [6.45, 7) is 11.7. The highest BCUT2D eigenvalue weighted by Gasteiger charge is 2.39. The van der Waals surface area contributed by atoms with Crippen molar-refractivity contribution in [2.24, 2.45) is 0 Å². The van der Waals surface area contributed by atoms with Gasteiger partial charge in [-0.3, -0.25) is 0 Å². The van der Waals surface area contributed by atoms with E-state index in [1.807, 2.05) is 0 Å². The van der Waals surface area contributed by atoms with Crippen molar-refractivity contribution in [1.82, 2.24) is 0 Å². The van der Waals surface area contributed by atoms with Gasteiger partial charge < -0.3 is 9.80 Å². The number of anilines is 6. The van der Waals surface area contributed by atoms with Crippen molar-refractivity contribution in [3.63, 3.8) is 0 Å². The van der Waals surface area contributed by atoms with E-state index < -0.39 is 0 Å². The van der Waals surface area contributed by atoms with Crippen LogP contribution < -0.4 is 9.80 Å². The molecule has 0 radical (unpaired) electrons. The smallest absolute Gasteiger partial charge is 0.0546 e. The Labute approximate surface area is 411 Å². The van der Waals surface area contributed by atoms with Gasteiger partial charge in [-0.1, -0.05) is 191 Å². The number of fused-ring (bicyclic) bond motifs is 10. The lowest BCUT2D eigenvalue weighted by Gasteiger charge is -2.30. The Morgan fingerprint density at radius 2 is 0.871 bits per heavy atom. The van der Waals surface area contributed by atoms with Gasteiger partial charge in [0.2, 0.25) is 0 Å². The van der Waals surface area contributed by atoms with E-state index in [-0.39, 0.29) is 10.8 Å². The van der Waals surface area contributed by atoms with Crippen LogP contribution in [0.4, 0.5) is 34.1 Å². The maximum atomic E-state index is 2.47. The lowest BCUT2D eigenvalue weighted by Crippen LogP contribution is -2.18. The molecule has 0 unspecified atom stereocenters. The Balaban J connectivity index is 0.867. The molecule has 0 atom stereocenters. The molecule has 11 aromatic rings. The monoisotopic (exact) mass is 898 g/mol. The molecule has 0 heterocycles. The van der Waals surface area contributed by atoms with Crippen molar-refractivity contribution in [3.05, 3.63) is 263 Å². The van der Waals surface area contributed by atoms with Gasteiger partial charge in [0.25, 0.3) is 0 Å². The third-order valence-electron chi connectivity index (χ3n) is 15.7. The van der Waals surface area contributed by atoms with Crippen molar-refractivity contribution in [2.75, 3.05) is 9.80 Å². The van der Waals surface area contributed by atoms with Crippen molar-refractivity contribution in [3.8, 4) is 22.3 Å². The van der Waals surface area contributed by atoms with E-state index >= 15 is 0 Å². The second kappa shape index (κ2) is 15.9. The number of benzene rings is 11. The maximum Gasteiger partial charge on any atom is 0.0546 e. The zero-order valence-electron chi connectivity index (χ0n) is 40.5. The summed E-state index contributed by atoms with van der Waals surface area (Å²) >= 11 is 0. The van der Waals surface area contributed by atoms with E-state index in [0.29, 0.717) is 0 Å². The molecule has 0 saturated heterocycles. The third-order valence-corrected chi connectivity index (χ3v) is 15.7. The maximum absolute atomic E-state index is 2.47. The van der Waals surface area contributed by atoms with Crippen LogP contribution in [0.3, 0.4) is 0 Å². The van der Waals surface area contributed by atoms with Crippen LogP contribution in [0.15, 0.2) is 224 Å². The molecule has 0 saturated carbocycles. The van der Waals surface area contributed by atoms with E-state index in [1.165, 1.54) is 99.2 Å². The quantitative estimate of drug-likeness (QED) is 0.140. The minimum atomic E-state index is -0.227. The lowest BCUT2D eigenvalue weighted by atomic mass is 9.79. The molecule has 2 aliphatic carbocycles. The zero-order chi connectivity index (χ0) is 47.3. The molecule has 0 amide bonds. The van der Waals surface area contributed by atoms with Gasteiger partial charge in [0.15, 0.2) is 0 Å². The third kappa shape index (κ3) is 6.61. The van der Waals surface area contributed by atoms with Crippen LogP contribution in [0, 0.1) is 6.92 Å². The normalized spacial score (nSPS) is 13.8. The number of nitrogens with zero attached hydrogens (tertiary/aromatic N) is 2. The Morgan fingerprint density at radius 1 is 0.343 bits per heavy atom. The number of aryl methyl sites for hydroxylation is 1. The summed E-state index contributed by atoms with van der Waals surface area (Å²) in [5, 5.41) is 7.48. The van der Waals surface area contributed by atoms with Gasteiger partial charge in [-0.15, -0.1) is 0 Å². The van der Waals surface area contributed by atoms with Gasteiger partial charge in [-0.05, 0) is 163 Å². The average Bonchev–Trinajstić information content (AvgIpc) is 3.77. The van der Waals surface area contributed by atoms with Gasteiger partial charge in [-0.25, -0.2) is 0 Å². The lowest BCUT2D eigenvalue weighted by molar-refractivity contribution is 0.653. The number of rotatable bonds is 8. The molecule has 13 rings (SSSR count). The minimum Gasteiger partial charge on any atom is -0.310 e. The van der Waals surface area contributed by atoms with Gasteiger partial charge in [-0.2, -0.15) is 0 Å².